The minimum atomic E-state index is -0.536. The molecule has 21 heavy (non-hydrogen) atoms. The highest BCUT2D eigenvalue weighted by molar-refractivity contribution is 5.39. The summed E-state index contributed by atoms with van der Waals surface area (Å²) in [7, 11) is 0. The van der Waals surface area contributed by atoms with E-state index in [1.165, 1.54) is 11.1 Å². The van der Waals surface area contributed by atoms with Gasteiger partial charge in [-0.2, -0.15) is 0 Å². The summed E-state index contributed by atoms with van der Waals surface area (Å²) in [5.74, 6) is 1.37. The van der Waals surface area contributed by atoms with Crippen LogP contribution >= 0.6 is 0 Å². The molecule has 0 bridgehead atoms. The van der Waals surface area contributed by atoms with Crippen molar-refractivity contribution in [3.63, 3.8) is 0 Å². The maximum absolute atomic E-state index is 10.5. The van der Waals surface area contributed by atoms with Crippen LogP contribution in [0, 0.1) is 0 Å². The van der Waals surface area contributed by atoms with Crippen molar-refractivity contribution in [2.75, 3.05) is 0 Å². The molecule has 0 amide bonds. The molecule has 0 saturated heterocycles. The van der Waals surface area contributed by atoms with Crippen molar-refractivity contribution in [1.29, 1.82) is 0 Å². The van der Waals surface area contributed by atoms with Gasteiger partial charge in [-0.15, -0.1) is 0 Å². The lowest BCUT2D eigenvalue weighted by Crippen LogP contribution is -2.22. The van der Waals surface area contributed by atoms with Crippen LogP contribution in [0.4, 0.5) is 0 Å². The molecule has 0 saturated carbocycles. The summed E-state index contributed by atoms with van der Waals surface area (Å²) in [5.41, 5.74) is 3.42. The van der Waals surface area contributed by atoms with E-state index in [1.54, 1.807) is 0 Å². The van der Waals surface area contributed by atoms with E-state index in [0.29, 0.717) is 5.92 Å². The second-order valence-corrected chi connectivity index (χ2v) is 5.85. The van der Waals surface area contributed by atoms with Crippen molar-refractivity contribution in [3.8, 4) is 5.75 Å². The van der Waals surface area contributed by atoms with Gasteiger partial charge in [0.1, 0.15) is 18.0 Å². The summed E-state index contributed by atoms with van der Waals surface area (Å²) >= 11 is 0. The Kier molecular flexibility index (Phi) is 3.98. The van der Waals surface area contributed by atoms with Gasteiger partial charge in [0.25, 0.3) is 0 Å². The molecule has 3 unspecified atom stereocenters. The summed E-state index contributed by atoms with van der Waals surface area (Å²) in [6, 6.07) is 16.2. The van der Waals surface area contributed by atoms with Crippen LogP contribution < -0.4 is 4.74 Å². The molecule has 3 rings (SSSR count). The Hall–Kier alpha value is -1.80. The van der Waals surface area contributed by atoms with Crippen LogP contribution in [0.3, 0.4) is 0 Å². The third kappa shape index (κ3) is 2.68. The Morgan fingerprint density at radius 2 is 1.86 bits per heavy atom. The van der Waals surface area contributed by atoms with Crippen LogP contribution in [0.15, 0.2) is 48.5 Å². The molecular formula is C19H22O2. The molecule has 110 valence electrons. The fourth-order valence-electron chi connectivity index (χ4n) is 3.02. The molecular weight excluding hydrogens is 260 g/mol. The average molecular weight is 282 g/mol. The summed E-state index contributed by atoms with van der Waals surface area (Å²) in [6.07, 6.45) is 1.12. The summed E-state index contributed by atoms with van der Waals surface area (Å²) in [5, 5.41) is 10.5. The van der Waals surface area contributed by atoms with Crippen LogP contribution in [0.25, 0.3) is 0 Å². The van der Waals surface area contributed by atoms with Gasteiger partial charge in [0.2, 0.25) is 0 Å². The molecule has 0 heterocycles. The second-order valence-electron chi connectivity index (χ2n) is 5.85. The Bertz CT molecular complexity index is 620. The maximum atomic E-state index is 10.5. The topological polar surface area (TPSA) is 29.5 Å². The molecule has 2 nitrogen and oxygen atoms in total. The first-order chi connectivity index (χ1) is 10.2. The van der Waals surface area contributed by atoms with Crippen molar-refractivity contribution >= 4 is 0 Å². The molecule has 1 aliphatic carbocycles. The van der Waals surface area contributed by atoms with Gasteiger partial charge < -0.3 is 9.84 Å². The van der Waals surface area contributed by atoms with Crippen LogP contribution in [-0.2, 0) is 6.42 Å². The fraction of sp³-hybridized carbons (Fsp3) is 0.368. The van der Waals surface area contributed by atoms with Crippen LogP contribution in [0.5, 0.6) is 5.75 Å². The lowest BCUT2D eigenvalue weighted by Gasteiger charge is -2.21. The number of para-hydroxylation sites is 1. The SMILES string of the molecule is CCC(C)c1ccccc1OC1Cc2ccccc2C1O. The highest BCUT2D eigenvalue weighted by Gasteiger charge is 2.32. The maximum Gasteiger partial charge on any atom is 0.133 e. The Morgan fingerprint density at radius 1 is 1.14 bits per heavy atom. The zero-order chi connectivity index (χ0) is 14.8. The van der Waals surface area contributed by atoms with Crippen LogP contribution in [-0.4, -0.2) is 11.2 Å². The zero-order valence-corrected chi connectivity index (χ0v) is 12.6. The molecule has 0 fully saturated rings. The van der Waals surface area contributed by atoms with Gasteiger partial charge in [0, 0.05) is 6.42 Å². The highest BCUT2D eigenvalue weighted by Crippen LogP contribution is 2.36. The third-order valence-electron chi connectivity index (χ3n) is 4.49. The molecule has 1 aliphatic rings. The summed E-state index contributed by atoms with van der Waals surface area (Å²) in [4.78, 5) is 0. The third-order valence-corrected chi connectivity index (χ3v) is 4.49. The molecule has 0 radical (unpaired) electrons. The smallest absolute Gasteiger partial charge is 0.133 e. The van der Waals surface area contributed by atoms with E-state index >= 15 is 0 Å². The Labute approximate surface area is 126 Å². The van der Waals surface area contributed by atoms with Gasteiger partial charge in [0.15, 0.2) is 0 Å². The van der Waals surface area contributed by atoms with Crippen LogP contribution in [0.2, 0.25) is 0 Å². The first-order valence-corrected chi connectivity index (χ1v) is 7.72. The van der Waals surface area contributed by atoms with E-state index in [0.717, 1.165) is 24.2 Å². The normalized spacial score (nSPS) is 21.9. The van der Waals surface area contributed by atoms with E-state index in [1.807, 2.05) is 36.4 Å². The van der Waals surface area contributed by atoms with E-state index in [4.69, 9.17) is 4.74 Å². The van der Waals surface area contributed by atoms with Crippen molar-refractivity contribution in [1.82, 2.24) is 0 Å². The van der Waals surface area contributed by atoms with Gasteiger partial charge >= 0.3 is 0 Å². The predicted octanol–water partition coefficient (Wildman–Crippen LogP) is 4.24. The number of aliphatic hydroxyl groups is 1. The number of aliphatic hydroxyl groups excluding tert-OH is 1. The standard InChI is InChI=1S/C19H22O2/c1-3-13(2)15-9-6-7-11-17(15)21-18-12-14-8-4-5-10-16(14)19(18)20/h4-11,13,18-20H,3,12H2,1-2H3. The lowest BCUT2D eigenvalue weighted by molar-refractivity contribution is 0.0486. The van der Waals surface area contributed by atoms with E-state index in [2.05, 4.69) is 26.0 Å². The van der Waals surface area contributed by atoms with Crippen molar-refractivity contribution in [3.05, 3.63) is 65.2 Å². The molecule has 0 aliphatic heterocycles. The monoisotopic (exact) mass is 282 g/mol. The molecule has 0 spiro atoms. The quantitative estimate of drug-likeness (QED) is 0.909. The number of ether oxygens (including phenoxy) is 1. The summed E-state index contributed by atoms with van der Waals surface area (Å²) in [6.45, 7) is 4.39. The minimum Gasteiger partial charge on any atom is -0.487 e. The number of rotatable bonds is 4. The lowest BCUT2D eigenvalue weighted by atomic mass is 9.98. The van der Waals surface area contributed by atoms with Crippen molar-refractivity contribution in [2.45, 2.75) is 44.8 Å². The zero-order valence-electron chi connectivity index (χ0n) is 12.6. The van der Waals surface area contributed by atoms with Gasteiger partial charge in [0.05, 0.1) is 0 Å². The first-order valence-electron chi connectivity index (χ1n) is 7.72. The number of hydrogen-bond acceptors (Lipinski definition) is 2. The number of hydrogen-bond donors (Lipinski definition) is 1. The number of benzene rings is 2. The molecule has 1 N–H and O–H groups in total. The molecule has 2 aromatic carbocycles. The molecule has 0 aromatic heterocycles. The molecule has 3 atom stereocenters. The predicted molar refractivity (Wildman–Crippen MR) is 84.7 cm³/mol. The minimum absolute atomic E-state index is 0.187. The Balaban J connectivity index is 1.83. The largest absolute Gasteiger partial charge is 0.487 e. The van der Waals surface area contributed by atoms with E-state index in [9.17, 15) is 5.11 Å². The van der Waals surface area contributed by atoms with Crippen LogP contribution in [0.1, 0.15) is 49.0 Å². The van der Waals surface area contributed by atoms with Gasteiger partial charge in [-0.1, -0.05) is 56.3 Å². The van der Waals surface area contributed by atoms with Gasteiger partial charge in [-0.3, -0.25) is 0 Å². The van der Waals surface area contributed by atoms with E-state index < -0.39 is 6.10 Å². The Morgan fingerprint density at radius 3 is 2.62 bits per heavy atom. The van der Waals surface area contributed by atoms with E-state index in [-0.39, 0.29) is 6.10 Å². The average Bonchev–Trinajstić information content (AvgIpc) is 2.84. The first kappa shape index (κ1) is 14.2. The second kappa shape index (κ2) is 5.90. The van der Waals surface area contributed by atoms with Crippen molar-refractivity contribution < 1.29 is 9.84 Å². The molecule has 2 heteroatoms. The molecule has 2 aromatic rings. The summed E-state index contributed by atoms with van der Waals surface area (Å²) < 4.78 is 6.17. The van der Waals surface area contributed by atoms with Crippen molar-refractivity contribution in [2.24, 2.45) is 0 Å². The fourth-order valence-corrected chi connectivity index (χ4v) is 3.02. The highest BCUT2D eigenvalue weighted by atomic mass is 16.5. The number of fused-ring (bicyclic) bond motifs is 1. The van der Waals surface area contributed by atoms with Gasteiger partial charge in [-0.25, -0.2) is 0 Å². The van der Waals surface area contributed by atoms with Gasteiger partial charge in [-0.05, 0) is 35.1 Å².